The number of hydrogen-bond acceptors (Lipinski definition) is 3. The molecule has 0 saturated heterocycles. The fourth-order valence-corrected chi connectivity index (χ4v) is 2.02. The fourth-order valence-electron chi connectivity index (χ4n) is 2.02. The smallest absolute Gasteiger partial charge is 0.240 e. The summed E-state index contributed by atoms with van der Waals surface area (Å²) in [7, 11) is 0. The quantitative estimate of drug-likeness (QED) is 0.599. The fraction of sp³-hybridized carbons (Fsp3) is 0.471. The lowest BCUT2D eigenvalue weighted by molar-refractivity contribution is -0.124. The van der Waals surface area contributed by atoms with Gasteiger partial charge in [0.15, 0.2) is 0 Å². The maximum absolute atomic E-state index is 11.9. The van der Waals surface area contributed by atoms with Gasteiger partial charge in [0.05, 0.1) is 0 Å². The Morgan fingerprint density at radius 2 is 1.77 bits per heavy atom. The predicted octanol–water partition coefficient (Wildman–Crippen LogP) is 3.31. The van der Waals surface area contributed by atoms with Crippen LogP contribution in [-0.4, -0.2) is 17.5 Å². The molecule has 0 aromatic heterocycles. The minimum atomic E-state index is -0.244. The lowest BCUT2D eigenvalue weighted by atomic mass is 10.1. The van der Waals surface area contributed by atoms with Crippen LogP contribution in [0.2, 0.25) is 0 Å². The number of rotatable bonds is 7. The van der Waals surface area contributed by atoms with E-state index in [9.17, 15) is 9.59 Å². The monoisotopic (exact) mass is 303 g/mol. The van der Waals surface area contributed by atoms with Gasteiger partial charge in [0.1, 0.15) is 0 Å². The zero-order valence-electron chi connectivity index (χ0n) is 13.8. The van der Waals surface area contributed by atoms with E-state index >= 15 is 0 Å². The van der Waals surface area contributed by atoms with Gasteiger partial charge in [-0.25, -0.2) is 5.43 Å². The van der Waals surface area contributed by atoms with Crippen molar-refractivity contribution in [2.75, 3.05) is 5.32 Å². The third-order valence-corrected chi connectivity index (χ3v) is 3.22. The molecule has 0 saturated carbocycles. The number of nitrogens with zero attached hydrogens (tertiary/aromatic N) is 1. The van der Waals surface area contributed by atoms with Crippen molar-refractivity contribution in [3.05, 3.63) is 29.3 Å². The molecule has 2 amide bonds. The molecular formula is C17H25N3O2. The molecule has 0 aliphatic rings. The Labute approximate surface area is 132 Å². The van der Waals surface area contributed by atoms with Crippen LogP contribution in [0, 0.1) is 13.8 Å². The van der Waals surface area contributed by atoms with Gasteiger partial charge in [-0.15, -0.1) is 0 Å². The van der Waals surface area contributed by atoms with Gasteiger partial charge in [0, 0.05) is 24.2 Å². The standard InChI is InChI=1S/C17H25N3O2/c1-5-6-14(4)19-20-17(22)10-9-16(21)18-15-8-7-12(2)11-13(15)3/h7-8,11H,5-6,9-10H2,1-4H3,(H,18,21)(H,20,22)/b19-14+. The van der Waals surface area contributed by atoms with Gasteiger partial charge in [-0.1, -0.05) is 31.0 Å². The highest BCUT2D eigenvalue weighted by molar-refractivity contribution is 5.94. The molecule has 0 bridgehead atoms. The van der Waals surface area contributed by atoms with Crippen LogP contribution in [0.3, 0.4) is 0 Å². The highest BCUT2D eigenvalue weighted by atomic mass is 16.2. The maximum Gasteiger partial charge on any atom is 0.240 e. The Kier molecular flexibility index (Phi) is 7.29. The molecule has 0 radical (unpaired) electrons. The SMILES string of the molecule is CCC/C(C)=N/NC(=O)CCC(=O)Nc1ccc(C)cc1C. The van der Waals surface area contributed by atoms with Crippen LogP contribution < -0.4 is 10.7 Å². The van der Waals surface area contributed by atoms with Crippen LogP contribution in [0.1, 0.15) is 50.7 Å². The van der Waals surface area contributed by atoms with E-state index in [0.717, 1.165) is 35.4 Å². The van der Waals surface area contributed by atoms with Crippen LogP contribution in [0.25, 0.3) is 0 Å². The van der Waals surface area contributed by atoms with Crippen molar-refractivity contribution >= 4 is 23.2 Å². The molecule has 2 N–H and O–H groups in total. The van der Waals surface area contributed by atoms with E-state index in [1.165, 1.54) is 0 Å². The summed E-state index contributed by atoms with van der Waals surface area (Å²) in [5, 5.41) is 6.81. The second-order valence-electron chi connectivity index (χ2n) is 5.50. The third kappa shape index (κ3) is 6.52. The summed E-state index contributed by atoms with van der Waals surface area (Å²) >= 11 is 0. The predicted molar refractivity (Wildman–Crippen MR) is 89.9 cm³/mol. The molecule has 120 valence electrons. The molecule has 0 atom stereocenters. The van der Waals surface area contributed by atoms with Gasteiger partial charge in [0.2, 0.25) is 11.8 Å². The molecule has 0 heterocycles. The number of aryl methyl sites for hydroxylation is 2. The summed E-state index contributed by atoms with van der Waals surface area (Å²) in [6.45, 7) is 7.87. The number of benzene rings is 1. The summed E-state index contributed by atoms with van der Waals surface area (Å²) in [6, 6.07) is 5.83. The maximum atomic E-state index is 11.9. The minimum Gasteiger partial charge on any atom is -0.326 e. The van der Waals surface area contributed by atoms with Crippen LogP contribution in [0.15, 0.2) is 23.3 Å². The summed E-state index contributed by atoms with van der Waals surface area (Å²) in [5.41, 5.74) is 6.30. The van der Waals surface area contributed by atoms with Gasteiger partial charge in [-0.05, 0) is 38.8 Å². The molecular weight excluding hydrogens is 278 g/mol. The highest BCUT2D eigenvalue weighted by Crippen LogP contribution is 2.16. The van der Waals surface area contributed by atoms with Crippen molar-refractivity contribution in [2.45, 2.75) is 53.4 Å². The number of hydrogen-bond donors (Lipinski definition) is 2. The van der Waals surface area contributed by atoms with Crippen molar-refractivity contribution < 1.29 is 9.59 Å². The molecule has 22 heavy (non-hydrogen) atoms. The first-order valence-corrected chi connectivity index (χ1v) is 7.61. The number of anilines is 1. The van der Waals surface area contributed by atoms with E-state index in [1.807, 2.05) is 39.0 Å². The van der Waals surface area contributed by atoms with Gasteiger partial charge >= 0.3 is 0 Å². The number of hydrazone groups is 1. The van der Waals surface area contributed by atoms with E-state index in [0.29, 0.717) is 0 Å². The molecule has 1 aromatic carbocycles. The Morgan fingerprint density at radius 1 is 1.09 bits per heavy atom. The Morgan fingerprint density at radius 3 is 2.41 bits per heavy atom. The largest absolute Gasteiger partial charge is 0.326 e. The lowest BCUT2D eigenvalue weighted by Gasteiger charge is -2.09. The molecule has 0 aliphatic carbocycles. The molecule has 0 fully saturated rings. The number of amides is 2. The van der Waals surface area contributed by atoms with Gasteiger partial charge < -0.3 is 5.32 Å². The van der Waals surface area contributed by atoms with E-state index in [-0.39, 0.29) is 24.7 Å². The first-order chi connectivity index (χ1) is 10.4. The molecule has 5 nitrogen and oxygen atoms in total. The topological polar surface area (TPSA) is 70.6 Å². The second-order valence-corrected chi connectivity index (χ2v) is 5.50. The highest BCUT2D eigenvalue weighted by Gasteiger charge is 2.08. The molecule has 0 aliphatic heterocycles. The van der Waals surface area contributed by atoms with E-state index < -0.39 is 0 Å². The van der Waals surface area contributed by atoms with Crippen molar-refractivity contribution in [2.24, 2.45) is 5.10 Å². The zero-order valence-corrected chi connectivity index (χ0v) is 13.8. The Bertz CT molecular complexity index is 565. The van der Waals surface area contributed by atoms with Crippen molar-refractivity contribution in [1.29, 1.82) is 0 Å². The van der Waals surface area contributed by atoms with Crippen LogP contribution in [0.4, 0.5) is 5.69 Å². The van der Waals surface area contributed by atoms with Crippen molar-refractivity contribution in [3.63, 3.8) is 0 Å². The van der Waals surface area contributed by atoms with Crippen LogP contribution in [-0.2, 0) is 9.59 Å². The number of carbonyl (C=O) groups excluding carboxylic acids is 2. The molecule has 5 heteroatoms. The van der Waals surface area contributed by atoms with E-state index in [1.54, 1.807) is 0 Å². The summed E-state index contributed by atoms with van der Waals surface area (Å²) in [5.74, 6) is -0.414. The van der Waals surface area contributed by atoms with Crippen molar-refractivity contribution in [1.82, 2.24) is 5.43 Å². The average Bonchev–Trinajstić information content (AvgIpc) is 2.46. The Balaban J connectivity index is 2.39. The zero-order chi connectivity index (χ0) is 16.5. The first kappa shape index (κ1) is 17.9. The number of carbonyl (C=O) groups is 2. The second kappa shape index (κ2) is 8.97. The number of nitrogens with one attached hydrogen (secondary N) is 2. The Hall–Kier alpha value is -2.17. The molecule has 1 aromatic rings. The lowest BCUT2D eigenvalue weighted by Crippen LogP contribution is -2.21. The minimum absolute atomic E-state index is 0.125. The molecule has 0 spiro atoms. The van der Waals surface area contributed by atoms with Crippen LogP contribution in [0.5, 0.6) is 0 Å². The summed E-state index contributed by atoms with van der Waals surface area (Å²) in [4.78, 5) is 23.5. The van der Waals surface area contributed by atoms with E-state index in [2.05, 4.69) is 22.8 Å². The molecule has 0 unspecified atom stereocenters. The van der Waals surface area contributed by atoms with Gasteiger partial charge in [0.25, 0.3) is 0 Å². The third-order valence-electron chi connectivity index (χ3n) is 3.22. The van der Waals surface area contributed by atoms with Crippen molar-refractivity contribution in [3.8, 4) is 0 Å². The normalized spacial score (nSPS) is 11.2. The van der Waals surface area contributed by atoms with Gasteiger partial charge in [-0.3, -0.25) is 9.59 Å². The average molecular weight is 303 g/mol. The molecule has 1 rings (SSSR count). The van der Waals surface area contributed by atoms with E-state index in [4.69, 9.17) is 0 Å². The van der Waals surface area contributed by atoms with Gasteiger partial charge in [-0.2, -0.15) is 5.10 Å². The van der Waals surface area contributed by atoms with Crippen LogP contribution >= 0.6 is 0 Å². The first-order valence-electron chi connectivity index (χ1n) is 7.61. The summed E-state index contributed by atoms with van der Waals surface area (Å²) < 4.78 is 0. The summed E-state index contributed by atoms with van der Waals surface area (Å²) in [6.07, 6.45) is 2.11.